The number of fused-ring (bicyclic) bond motifs is 1. The smallest absolute Gasteiger partial charge is 0.262 e. The second kappa shape index (κ2) is 8.93. The summed E-state index contributed by atoms with van der Waals surface area (Å²) in [6, 6.07) is 10.4. The lowest BCUT2D eigenvalue weighted by Gasteiger charge is -2.11. The molecule has 1 heterocycles. The van der Waals surface area contributed by atoms with Crippen molar-refractivity contribution in [1.29, 1.82) is 0 Å². The van der Waals surface area contributed by atoms with E-state index in [2.05, 4.69) is 10.1 Å². The van der Waals surface area contributed by atoms with Gasteiger partial charge in [-0.1, -0.05) is 0 Å². The third kappa shape index (κ3) is 4.32. The van der Waals surface area contributed by atoms with Crippen LogP contribution in [0.2, 0.25) is 0 Å². The molecular formula is C23H11F6NO4. The van der Waals surface area contributed by atoms with E-state index in [4.69, 9.17) is 4.42 Å². The number of hydrogen-bond acceptors (Lipinski definition) is 4. The van der Waals surface area contributed by atoms with Crippen LogP contribution < -0.4 is 15.5 Å². The van der Waals surface area contributed by atoms with Gasteiger partial charge in [0.05, 0.1) is 5.39 Å². The molecule has 5 nitrogen and oxygen atoms in total. The first-order chi connectivity index (χ1) is 16.2. The lowest BCUT2D eigenvalue weighted by Crippen LogP contribution is -2.21. The molecule has 1 amide bonds. The van der Waals surface area contributed by atoms with Crippen LogP contribution in [-0.4, -0.2) is 12.5 Å². The van der Waals surface area contributed by atoms with E-state index in [1.54, 1.807) is 0 Å². The van der Waals surface area contributed by atoms with E-state index >= 15 is 0 Å². The Labute approximate surface area is 186 Å². The Morgan fingerprint density at radius 3 is 2.09 bits per heavy atom. The number of carbonyl (C=O) groups excluding carboxylic acids is 1. The van der Waals surface area contributed by atoms with E-state index < -0.39 is 58.6 Å². The minimum absolute atomic E-state index is 0.0698. The average Bonchev–Trinajstić information content (AvgIpc) is 2.82. The molecule has 0 aliphatic carbocycles. The van der Waals surface area contributed by atoms with Crippen molar-refractivity contribution in [2.45, 2.75) is 0 Å². The van der Waals surface area contributed by atoms with Crippen LogP contribution >= 0.6 is 0 Å². The molecular weight excluding hydrogens is 468 g/mol. The van der Waals surface area contributed by atoms with Crippen LogP contribution in [0.3, 0.4) is 0 Å². The first kappa shape index (κ1) is 22.9. The Hall–Kier alpha value is -4.28. The van der Waals surface area contributed by atoms with Gasteiger partial charge in [-0.25, -0.2) is 17.6 Å². The van der Waals surface area contributed by atoms with E-state index in [1.165, 1.54) is 48.5 Å². The number of halogens is 6. The summed E-state index contributed by atoms with van der Waals surface area (Å²) < 4.78 is 90.0. The number of ether oxygens (including phenoxy) is 1. The van der Waals surface area contributed by atoms with Gasteiger partial charge in [-0.2, -0.15) is 8.78 Å². The largest absolute Gasteiger partial charge is 0.477 e. The molecule has 0 spiro atoms. The quantitative estimate of drug-likeness (QED) is 0.239. The summed E-state index contributed by atoms with van der Waals surface area (Å²) in [6.45, 7) is -1.09. The van der Waals surface area contributed by atoms with Gasteiger partial charge in [0, 0.05) is 17.3 Å². The highest BCUT2D eigenvalue weighted by atomic mass is 19.2. The number of amides is 1. The van der Waals surface area contributed by atoms with Crippen LogP contribution in [0.4, 0.5) is 32.0 Å². The number of hydrogen-bond donors (Lipinski definition) is 1. The molecule has 174 valence electrons. The number of carbonyl (C=O) groups is 1. The zero-order valence-corrected chi connectivity index (χ0v) is 16.7. The summed E-state index contributed by atoms with van der Waals surface area (Å²) in [5.74, 6) is -14.1. The fourth-order valence-electron chi connectivity index (χ4n) is 3.04. The SMILES string of the molecule is O=C(COc1c(F)c(F)c(F)c(F)c1F)Nc1ccc2oc(-c3ccc(F)cc3)cc(=O)c2c1. The molecule has 4 rings (SSSR count). The average molecular weight is 479 g/mol. The van der Waals surface area contributed by atoms with Crippen molar-refractivity contribution in [2.24, 2.45) is 0 Å². The Morgan fingerprint density at radius 1 is 0.824 bits per heavy atom. The van der Waals surface area contributed by atoms with Crippen molar-refractivity contribution < 1.29 is 40.3 Å². The number of benzene rings is 3. The second-order valence-corrected chi connectivity index (χ2v) is 6.93. The Balaban J connectivity index is 1.52. The number of nitrogens with one attached hydrogen (secondary N) is 1. The van der Waals surface area contributed by atoms with E-state index in [9.17, 15) is 35.9 Å². The Kier molecular flexibility index (Phi) is 6.01. The summed E-state index contributed by atoms with van der Waals surface area (Å²) in [5, 5.41) is 2.34. The lowest BCUT2D eigenvalue weighted by molar-refractivity contribution is -0.118. The maximum atomic E-state index is 13.6. The van der Waals surface area contributed by atoms with Crippen molar-refractivity contribution in [3.8, 4) is 17.1 Å². The van der Waals surface area contributed by atoms with E-state index in [-0.39, 0.29) is 22.4 Å². The standard InChI is InChI=1S/C23H11F6NO4/c24-11-3-1-10(2-4-11)16-8-14(31)13-7-12(5-6-15(13)34-16)30-17(32)9-33-23-21(28)19(26)18(25)20(27)22(23)29/h1-8H,9H2,(H,30,32). The highest BCUT2D eigenvalue weighted by Crippen LogP contribution is 2.29. The molecule has 0 fully saturated rings. The van der Waals surface area contributed by atoms with Crippen molar-refractivity contribution in [2.75, 3.05) is 11.9 Å². The van der Waals surface area contributed by atoms with Crippen LogP contribution in [0.25, 0.3) is 22.3 Å². The molecule has 0 atom stereocenters. The van der Waals surface area contributed by atoms with Gasteiger partial charge in [-0.15, -0.1) is 0 Å². The number of rotatable bonds is 5. The molecule has 4 aromatic rings. The van der Waals surface area contributed by atoms with Gasteiger partial charge in [0.2, 0.25) is 29.1 Å². The van der Waals surface area contributed by atoms with Gasteiger partial charge >= 0.3 is 0 Å². The minimum Gasteiger partial charge on any atom is -0.477 e. The second-order valence-electron chi connectivity index (χ2n) is 6.93. The van der Waals surface area contributed by atoms with Crippen molar-refractivity contribution in [1.82, 2.24) is 0 Å². The highest BCUT2D eigenvalue weighted by molar-refractivity contribution is 5.94. The normalized spacial score (nSPS) is 11.0. The topological polar surface area (TPSA) is 68.5 Å². The molecule has 1 N–H and O–H groups in total. The van der Waals surface area contributed by atoms with E-state index in [0.717, 1.165) is 0 Å². The van der Waals surface area contributed by atoms with Crippen LogP contribution in [-0.2, 0) is 4.79 Å². The Bertz CT molecular complexity index is 1460. The van der Waals surface area contributed by atoms with Gasteiger partial charge in [0.1, 0.15) is 17.2 Å². The predicted molar refractivity (Wildman–Crippen MR) is 108 cm³/mol. The first-order valence-electron chi connectivity index (χ1n) is 9.43. The third-order valence-electron chi connectivity index (χ3n) is 4.66. The van der Waals surface area contributed by atoms with E-state index in [0.29, 0.717) is 5.56 Å². The lowest BCUT2D eigenvalue weighted by atomic mass is 10.1. The zero-order valence-electron chi connectivity index (χ0n) is 16.7. The van der Waals surface area contributed by atoms with Gasteiger partial charge in [0.25, 0.3) is 5.91 Å². The fourth-order valence-corrected chi connectivity index (χ4v) is 3.04. The molecule has 34 heavy (non-hydrogen) atoms. The molecule has 0 aliphatic rings. The zero-order chi connectivity index (χ0) is 24.6. The fraction of sp³-hybridized carbons (Fsp3) is 0.0435. The van der Waals surface area contributed by atoms with Crippen molar-refractivity contribution in [3.05, 3.63) is 93.7 Å². The molecule has 0 unspecified atom stereocenters. The Morgan fingerprint density at radius 2 is 1.44 bits per heavy atom. The molecule has 0 radical (unpaired) electrons. The van der Waals surface area contributed by atoms with Gasteiger partial charge in [-0.3, -0.25) is 9.59 Å². The molecule has 3 aromatic carbocycles. The van der Waals surface area contributed by atoms with Crippen molar-refractivity contribution >= 4 is 22.6 Å². The van der Waals surface area contributed by atoms with Crippen LogP contribution in [0, 0.1) is 34.9 Å². The van der Waals surface area contributed by atoms with Crippen molar-refractivity contribution in [3.63, 3.8) is 0 Å². The minimum atomic E-state index is -2.36. The molecule has 11 heteroatoms. The first-order valence-corrected chi connectivity index (χ1v) is 9.43. The van der Waals surface area contributed by atoms with E-state index in [1.807, 2.05) is 0 Å². The summed E-state index contributed by atoms with van der Waals surface area (Å²) in [7, 11) is 0. The van der Waals surface area contributed by atoms with Crippen LogP contribution in [0.15, 0.2) is 57.7 Å². The van der Waals surface area contributed by atoms with Crippen LogP contribution in [0.1, 0.15) is 0 Å². The number of anilines is 1. The maximum absolute atomic E-state index is 13.6. The van der Waals surface area contributed by atoms with Crippen LogP contribution in [0.5, 0.6) is 5.75 Å². The molecule has 1 aromatic heterocycles. The highest BCUT2D eigenvalue weighted by Gasteiger charge is 2.27. The maximum Gasteiger partial charge on any atom is 0.262 e. The molecule has 0 bridgehead atoms. The van der Waals surface area contributed by atoms with Gasteiger partial charge in [-0.05, 0) is 42.5 Å². The molecule has 0 aliphatic heterocycles. The third-order valence-corrected chi connectivity index (χ3v) is 4.66. The summed E-state index contributed by atoms with van der Waals surface area (Å²) >= 11 is 0. The van der Waals surface area contributed by atoms with Gasteiger partial charge in [0.15, 0.2) is 17.8 Å². The predicted octanol–water partition coefficient (Wildman–Crippen LogP) is 5.31. The molecule has 0 saturated carbocycles. The van der Waals surface area contributed by atoms with Gasteiger partial charge < -0.3 is 14.5 Å². The molecule has 0 saturated heterocycles. The monoisotopic (exact) mass is 479 g/mol. The summed E-state index contributed by atoms with van der Waals surface area (Å²) in [4.78, 5) is 24.6. The summed E-state index contributed by atoms with van der Waals surface area (Å²) in [6.07, 6.45) is 0. The summed E-state index contributed by atoms with van der Waals surface area (Å²) in [5.41, 5.74) is 0.209.